The number of rotatable bonds is 3. The van der Waals surface area contributed by atoms with Crippen molar-refractivity contribution >= 4 is 5.69 Å². The number of nitrogens with zero attached hydrogens (tertiary/aromatic N) is 1. The van der Waals surface area contributed by atoms with E-state index in [1.165, 1.54) is 0 Å². The molecule has 0 spiro atoms. The molecule has 0 saturated carbocycles. The highest BCUT2D eigenvalue weighted by Gasteiger charge is 2.31. The van der Waals surface area contributed by atoms with Crippen molar-refractivity contribution in [2.75, 3.05) is 6.61 Å². The summed E-state index contributed by atoms with van der Waals surface area (Å²) < 4.78 is 52.4. The van der Waals surface area contributed by atoms with Gasteiger partial charge in [-0.05, 0) is 6.07 Å². The zero-order valence-electron chi connectivity index (χ0n) is 7.62. The van der Waals surface area contributed by atoms with Crippen LogP contribution in [0.2, 0.25) is 0 Å². The van der Waals surface area contributed by atoms with Crippen LogP contribution >= 0.6 is 0 Å². The van der Waals surface area contributed by atoms with Gasteiger partial charge in [-0.15, -0.1) is 0 Å². The highest BCUT2D eigenvalue weighted by atomic mass is 19.4. The summed E-state index contributed by atoms with van der Waals surface area (Å²) >= 11 is 0. The summed E-state index contributed by atoms with van der Waals surface area (Å²) in [4.78, 5) is 9.36. The Morgan fingerprint density at radius 3 is 2.50 bits per heavy atom. The molecule has 8 heteroatoms. The number of benzene rings is 1. The van der Waals surface area contributed by atoms with Crippen LogP contribution in [-0.4, -0.2) is 17.7 Å². The minimum Gasteiger partial charge on any atom is -0.475 e. The molecule has 0 saturated heterocycles. The molecule has 1 aromatic carbocycles. The third-order valence-corrected chi connectivity index (χ3v) is 1.52. The molecule has 0 aliphatic heterocycles. The lowest BCUT2D eigenvalue weighted by Gasteiger charge is -2.09. The standard InChI is InChI=1S/C8H5F4NO3/c9-5-2-1-3-6(13(14)15)7(5)16-4-8(10,11)12/h1-3H,4H2. The van der Waals surface area contributed by atoms with E-state index in [1.54, 1.807) is 0 Å². The zero-order chi connectivity index (χ0) is 12.3. The summed E-state index contributed by atoms with van der Waals surface area (Å²) in [5.41, 5.74) is -0.843. The van der Waals surface area contributed by atoms with Gasteiger partial charge in [0.15, 0.2) is 12.4 Å². The summed E-state index contributed by atoms with van der Waals surface area (Å²) in [6.07, 6.45) is -4.68. The van der Waals surface area contributed by atoms with E-state index in [-0.39, 0.29) is 0 Å². The summed E-state index contributed by atoms with van der Waals surface area (Å²) in [6, 6.07) is 2.64. The molecule has 0 unspecified atom stereocenters. The molecule has 0 bridgehead atoms. The van der Waals surface area contributed by atoms with Crippen LogP contribution in [0.15, 0.2) is 18.2 Å². The number of halogens is 4. The first-order valence-electron chi connectivity index (χ1n) is 3.94. The van der Waals surface area contributed by atoms with E-state index >= 15 is 0 Å². The fourth-order valence-corrected chi connectivity index (χ4v) is 0.938. The van der Waals surface area contributed by atoms with E-state index in [4.69, 9.17) is 0 Å². The fraction of sp³-hybridized carbons (Fsp3) is 0.250. The lowest BCUT2D eigenvalue weighted by atomic mass is 10.3. The Labute approximate surface area is 86.6 Å². The number of para-hydroxylation sites is 1. The molecule has 1 rings (SSSR count). The van der Waals surface area contributed by atoms with Crippen molar-refractivity contribution in [3.8, 4) is 5.75 Å². The van der Waals surface area contributed by atoms with E-state index < -0.39 is 35.0 Å². The van der Waals surface area contributed by atoms with Gasteiger partial charge in [0.1, 0.15) is 0 Å². The number of ether oxygens (including phenoxy) is 1. The maximum Gasteiger partial charge on any atom is 0.422 e. The van der Waals surface area contributed by atoms with Crippen LogP contribution in [0.4, 0.5) is 23.2 Å². The molecular weight excluding hydrogens is 234 g/mol. The maximum atomic E-state index is 13.0. The van der Waals surface area contributed by atoms with Crippen molar-refractivity contribution in [1.29, 1.82) is 0 Å². The second kappa shape index (κ2) is 4.33. The van der Waals surface area contributed by atoms with Gasteiger partial charge < -0.3 is 4.74 Å². The van der Waals surface area contributed by atoms with Crippen molar-refractivity contribution < 1.29 is 27.2 Å². The summed E-state index contributed by atoms with van der Waals surface area (Å²) in [5.74, 6) is -2.22. The second-order valence-electron chi connectivity index (χ2n) is 2.75. The van der Waals surface area contributed by atoms with Crippen molar-refractivity contribution in [3.05, 3.63) is 34.1 Å². The van der Waals surface area contributed by atoms with Gasteiger partial charge in [-0.1, -0.05) is 6.07 Å². The normalized spacial score (nSPS) is 11.2. The first-order chi connectivity index (χ1) is 7.31. The SMILES string of the molecule is O=[N+]([O-])c1cccc(F)c1OCC(F)(F)F. The first kappa shape index (κ1) is 12.2. The first-order valence-corrected chi connectivity index (χ1v) is 3.94. The van der Waals surface area contributed by atoms with Crippen LogP contribution in [0.5, 0.6) is 5.75 Å². The van der Waals surface area contributed by atoms with Crippen LogP contribution in [0.3, 0.4) is 0 Å². The molecule has 4 nitrogen and oxygen atoms in total. The van der Waals surface area contributed by atoms with Crippen molar-refractivity contribution in [2.24, 2.45) is 0 Å². The molecule has 16 heavy (non-hydrogen) atoms. The minimum atomic E-state index is -4.68. The van der Waals surface area contributed by atoms with Crippen LogP contribution < -0.4 is 4.74 Å². The molecule has 0 heterocycles. The molecule has 0 amide bonds. The van der Waals surface area contributed by atoms with Gasteiger partial charge >= 0.3 is 11.9 Å². The molecule has 0 fully saturated rings. The number of nitro benzene ring substituents is 1. The largest absolute Gasteiger partial charge is 0.475 e. The number of hydrogen-bond acceptors (Lipinski definition) is 3. The van der Waals surface area contributed by atoms with Gasteiger partial charge in [-0.3, -0.25) is 10.1 Å². The van der Waals surface area contributed by atoms with Gasteiger partial charge in [-0.25, -0.2) is 4.39 Å². The molecular formula is C8H5F4NO3. The van der Waals surface area contributed by atoms with Gasteiger partial charge in [-0.2, -0.15) is 13.2 Å². The van der Waals surface area contributed by atoms with Crippen molar-refractivity contribution in [2.45, 2.75) is 6.18 Å². The number of alkyl halides is 3. The summed E-state index contributed by atoms with van der Waals surface area (Å²) in [5, 5.41) is 10.4. The Balaban J connectivity index is 2.98. The van der Waals surface area contributed by atoms with Gasteiger partial charge in [0.05, 0.1) is 4.92 Å². The predicted octanol–water partition coefficient (Wildman–Crippen LogP) is 2.68. The predicted molar refractivity (Wildman–Crippen MR) is 44.6 cm³/mol. The number of nitro groups is 1. The molecule has 1 aromatic rings. The highest BCUT2D eigenvalue weighted by Crippen LogP contribution is 2.30. The Morgan fingerprint density at radius 2 is 2.00 bits per heavy atom. The minimum absolute atomic E-state index is 0.776. The highest BCUT2D eigenvalue weighted by molar-refractivity contribution is 5.46. The molecule has 0 N–H and O–H groups in total. The molecule has 0 aliphatic carbocycles. The summed E-state index contributed by atoms with van der Waals surface area (Å²) in [6.45, 7) is -1.78. The topological polar surface area (TPSA) is 52.4 Å². The Kier molecular flexibility index (Phi) is 3.31. The maximum absolute atomic E-state index is 13.0. The monoisotopic (exact) mass is 239 g/mol. The van der Waals surface area contributed by atoms with Crippen molar-refractivity contribution in [3.63, 3.8) is 0 Å². The average Bonchev–Trinajstić information content (AvgIpc) is 2.13. The van der Waals surface area contributed by atoms with Crippen LogP contribution in [0, 0.1) is 15.9 Å². The second-order valence-corrected chi connectivity index (χ2v) is 2.75. The molecule has 0 aromatic heterocycles. The molecule has 88 valence electrons. The van der Waals surface area contributed by atoms with E-state index in [0.29, 0.717) is 0 Å². The van der Waals surface area contributed by atoms with Crippen LogP contribution in [-0.2, 0) is 0 Å². The van der Waals surface area contributed by atoms with E-state index in [9.17, 15) is 27.7 Å². The van der Waals surface area contributed by atoms with Gasteiger partial charge in [0, 0.05) is 6.07 Å². The quantitative estimate of drug-likeness (QED) is 0.463. The summed E-state index contributed by atoms with van der Waals surface area (Å²) in [7, 11) is 0. The van der Waals surface area contributed by atoms with Crippen LogP contribution in [0.25, 0.3) is 0 Å². The molecule has 0 radical (unpaired) electrons. The molecule has 0 aliphatic rings. The fourth-order valence-electron chi connectivity index (χ4n) is 0.938. The van der Waals surface area contributed by atoms with E-state index in [2.05, 4.69) is 4.74 Å². The van der Waals surface area contributed by atoms with E-state index in [0.717, 1.165) is 18.2 Å². The Hall–Kier alpha value is -1.86. The average molecular weight is 239 g/mol. The van der Waals surface area contributed by atoms with Gasteiger partial charge in [0.2, 0.25) is 5.75 Å². The van der Waals surface area contributed by atoms with E-state index in [1.807, 2.05) is 0 Å². The Bertz CT molecular complexity index is 405. The third kappa shape index (κ3) is 3.07. The zero-order valence-corrected chi connectivity index (χ0v) is 7.62. The third-order valence-electron chi connectivity index (χ3n) is 1.52. The molecule has 0 atom stereocenters. The lowest BCUT2D eigenvalue weighted by Crippen LogP contribution is -2.20. The Morgan fingerprint density at radius 1 is 1.38 bits per heavy atom. The number of hydrogen-bond donors (Lipinski definition) is 0. The lowest BCUT2D eigenvalue weighted by molar-refractivity contribution is -0.386. The van der Waals surface area contributed by atoms with Gasteiger partial charge in [0.25, 0.3) is 0 Å². The van der Waals surface area contributed by atoms with Crippen molar-refractivity contribution in [1.82, 2.24) is 0 Å². The smallest absolute Gasteiger partial charge is 0.422 e. The van der Waals surface area contributed by atoms with Crippen LogP contribution in [0.1, 0.15) is 0 Å².